The van der Waals surface area contributed by atoms with Crippen molar-refractivity contribution in [1.29, 1.82) is 0 Å². The molecule has 1 unspecified atom stereocenters. The average Bonchev–Trinajstić information content (AvgIpc) is 3.40. The molecular weight excluding hydrogens is 402 g/mol. The Bertz CT molecular complexity index is 989. The molecule has 8 nitrogen and oxygen atoms in total. The minimum absolute atomic E-state index is 0.0318. The summed E-state index contributed by atoms with van der Waals surface area (Å²) in [5, 5.41) is 7.84. The molecule has 3 aromatic heterocycles. The fourth-order valence-corrected chi connectivity index (χ4v) is 4.06. The van der Waals surface area contributed by atoms with E-state index < -0.39 is 0 Å². The lowest BCUT2D eigenvalue weighted by Gasteiger charge is -2.24. The summed E-state index contributed by atoms with van der Waals surface area (Å²) in [6.45, 7) is 1.62. The number of thiophene rings is 1. The van der Waals surface area contributed by atoms with Gasteiger partial charge in [-0.1, -0.05) is 0 Å². The molecule has 0 aromatic carbocycles. The highest BCUT2D eigenvalue weighted by Gasteiger charge is 2.31. The van der Waals surface area contributed by atoms with Crippen LogP contribution in [-0.2, 0) is 29.7 Å². The van der Waals surface area contributed by atoms with Gasteiger partial charge in [-0.3, -0.25) is 19.3 Å². The van der Waals surface area contributed by atoms with E-state index in [1.807, 2.05) is 30.8 Å². The van der Waals surface area contributed by atoms with Crippen molar-refractivity contribution in [2.24, 2.45) is 7.05 Å². The van der Waals surface area contributed by atoms with Crippen LogP contribution in [0.15, 0.2) is 53.7 Å². The smallest absolute Gasteiger partial charge is 0.255 e. The van der Waals surface area contributed by atoms with Gasteiger partial charge >= 0.3 is 0 Å². The highest BCUT2D eigenvalue weighted by Crippen LogP contribution is 2.17. The number of nitrogens with zero attached hydrogens (tertiary/aromatic N) is 5. The van der Waals surface area contributed by atoms with Crippen molar-refractivity contribution in [3.05, 3.63) is 70.4 Å². The molecule has 1 atom stereocenters. The summed E-state index contributed by atoms with van der Waals surface area (Å²) in [6, 6.07) is 5.57. The second-order valence-electron chi connectivity index (χ2n) is 7.28. The van der Waals surface area contributed by atoms with Crippen LogP contribution >= 0.6 is 11.3 Å². The third-order valence-corrected chi connectivity index (χ3v) is 5.63. The van der Waals surface area contributed by atoms with Gasteiger partial charge in [0.05, 0.1) is 24.5 Å². The van der Waals surface area contributed by atoms with Crippen molar-refractivity contribution in [2.75, 3.05) is 19.6 Å². The minimum atomic E-state index is -0.302. The third kappa shape index (κ3) is 4.92. The van der Waals surface area contributed by atoms with Gasteiger partial charge in [-0.25, -0.2) is 0 Å². The van der Waals surface area contributed by atoms with Gasteiger partial charge in [-0.2, -0.15) is 16.4 Å². The molecule has 0 spiro atoms. The zero-order valence-electron chi connectivity index (χ0n) is 16.7. The highest BCUT2D eigenvalue weighted by atomic mass is 32.1. The molecule has 9 heteroatoms. The molecule has 0 saturated carbocycles. The maximum absolute atomic E-state index is 13.0. The number of amides is 2. The van der Waals surface area contributed by atoms with Gasteiger partial charge in [-0.15, -0.1) is 0 Å². The maximum Gasteiger partial charge on any atom is 0.255 e. The summed E-state index contributed by atoms with van der Waals surface area (Å²) >= 11 is 1.46. The van der Waals surface area contributed by atoms with E-state index in [1.165, 1.54) is 11.3 Å². The van der Waals surface area contributed by atoms with Crippen molar-refractivity contribution in [3.63, 3.8) is 0 Å². The van der Waals surface area contributed by atoms with Crippen LogP contribution in [0.2, 0.25) is 0 Å². The topological polar surface area (TPSA) is 80.6 Å². The number of carbonyl (C=O) groups is 2. The molecule has 0 radical (unpaired) electrons. The van der Waals surface area contributed by atoms with Crippen molar-refractivity contribution < 1.29 is 14.3 Å². The molecule has 0 N–H and O–H groups in total. The summed E-state index contributed by atoms with van der Waals surface area (Å²) in [5.74, 6) is -0.247. The average molecular weight is 426 g/mol. The Morgan fingerprint density at radius 2 is 2.07 bits per heavy atom. The quantitative estimate of drug-likeness (QED) is 0.603. The monoisotopic (exact) mass is 425 g/mol. The van der Waals surface area contributed by atoms with Crippen LogP contribution in [0.5, 0.6) is 0 Å². The molecule has 1 saturated heterocycles. The molecule has 4 heterocycles. The van der Waals surface area contributed by atoms with E-state index >= 15 is 0 Å². The zero-order valence-corrected chi connectivity index (χ0v) is 17.5. The number of hydrogen-bond acceptors (Lipinski definition) is 6. The molecule has 30 heavy (non-hydrogen) atoms. The first-order valence-electron chi connectivity index (χ1n) is 9.66. The summed E-state index contributed by atoms with van der Waals surface area (Å²) in [6.07, 6.45) is 6.77. The first-order chi connectivity index (χ1) is 14.6. The van der Waals surface area contributed by atoms with Crippen LogP contribution in [0.3, 0.4) is 0 Å². The van der Waals surface area contributed by atoms with E-state index in [1.54, 1.807) is 44.5 Å². The maximum atomic E-state index is 13.0. The highest BCUT2D eigenvalue weighted by molar-refractivity contribution is 7.08. The van der Waals surface area contributed by atoms with Gasteiger partial charge < -0.3 is 14.5 Å². The summed E-state index contributed by atoms with van der Waals surface area (Å²) in [5.41, 5.74) is 2.54. The fraction of sp³-hybridized carbons (Fsp3) is 0.333. The van der Waals surface area contributed by atoms with Crippen LogP contribution in [0, 0.1) is 0 Å². The van der Waals surface area contributed by atoms with E-state index in [0.717, 1.165) is 11.1 Å². The molecule has 1 fully saturated rings. The van der Waals surface area contributed by atoms with Crippen LogP contribution in [0.4, 0.5) is 0 Å². The van der Waals surface area contributed by atoms with E-state index in [9.17, 15) is 9.59 Å². The van der Waals surface area contributed by atoms with Crippen LogP contribution in [-0.4, -0.2) is 62.1 Å². The van der Waals surface area contributed by atoms with Gasteiger partial charge in [0.1, 0.15) is 6.54 Å². The summed E-state index contributed by atoms with van der Waals surface area (Å²) in [7, 11) is 1.84. The van der Waals surface area contributed by atoms with E-state index in [2.05, 4.69) is 10.1 Å². The van der Waals surface area contributed by atoms with Gasteiger partial charge in [0.25, 0.3) is 5.91 Å². The Balaban J connectivity index is 1.51. The number of aryl methyl sites for hydroxylation is 1. The predicted molar refractivity (Wildman–Crippen MR) is 112 cm³/mol. The lowest BCUT2D eigenvalue weighted by Crippen LogP contribution is -2.39. The Hall–Kier alpha value is -3.04. The molecule has 0 bridgehead atoms. The number of rotatable bonds is 6. The Morgan fingerprint density at radius 1 is 1.23 bits per heavy atom. The molecule has 3 aromatic rings. The van der Waals surface area contributed by atoms with Crippen molar-refractivity contribution in [2.45, 2.75) is 19.3 Å². The lowest BCUT2D eigenvalue weighted by molar-refractivity contribution is -0.132. The first kappa shape index (κ1) is 20.2. The molecule has 4 rings (SSSR count). The first-order valence-corrected chi connectivity index (χ1v) is 10.6. The molecular formula is C21H23N5O3S. The third-order valence-electron chi connectivity index (χ3n) is 4.95. The molecule has 2 amide bonds. The van der Waals surface area contributed by atoms with Crippen LogP contribution in [0.1, 0.15) is 21.5 Å². The summed E-state index contributed by atoms with van der Waals surface area (Å²) < 4.78 is 7.84. The number of pyridine rings is 1. The SMILES string of the molecule is Cn1cc(CN2CC(OCc3ccncc3)CN(C(=O)c3ccsc3)CC2=O)cn1. The van der Waals surface area contributed by atoms with Gasteiger partial charge in [0.15, 0.2) is 0 Å². The van der Waals surface area contributed by atoms with Crippen LogP contribution in [0.25, 0.3) is 0 Å². The van der Waals surface area contributed by atoms with Crippen molar-refractivity contribution in [3.8, 4) is 0 Å². The predicted octanol–water partition coefficient (Wildman–Crippen LogP) is 1.95. The lowest BCUT2D eigenvalue weighted by atomic mass is 10.2. The van der Waals surface area contributed by atoms with Crippen molar-refractivity contribution in [1.82, 2.24) is 24.6 Å². The van der Waals surface area contributed by atoms with Gasteiger partial charge in [0, 0.05) is 56.2 Å². The van der Waals surface area contributed by atoms with E-state index in [-0.39, 0.29) is 24.5 Å². The van der Waals surface area contributed by atoms with E-state index in [0.29, 0.717) is 31.8 Å². The van der Waals surface area contributed by atoms with Crippen molar-refractivity contribution >= 4 is 23.2 Å². The number of aromatic nitrogens is 3. The fourth-order valence-electron chi connectivity index (χ4n) is 3.43. The summed E-state index contributed by atoms with van der Waals surface area (Å²) in [4.78, 5) is 33.3. The minimum Gasteiger partial charge on any atom is -0.370 e. The molecule has 156 valence electrons. The standard InChI is InChI=1S/C21H23N5O3S/c1-24-9-17(8-23-24)10-25-11-19(29-14-16-2-5-22-6-3-16)12-26(13-20(25)27)21(28)18-4-7-30-15-18/h2-9,15,19H,10-14H2,1H3. The number of carbonyl (C=O) groups excluding carboxylic acids is 2. The normalized spacial score (nSPS) is 17.2. The molecule has 1 aliphatic heterocycles. The molecule has 0 aliphatic carbocycles. The van der Waals surface area contributed by atoms with E-state index in [4.69, 9.17) is 4.74 Å². The largest absolute Gasteiger partial charge is 0.370 e. The Labute approximate surface area is 178 Å². The van der Waals surface area contributed by atoms with Gasteiger partial charge in [-0.05, 0) is 29.1 Å². The zero-order chi connectivity index (χ0) is 20.9. The number of hydrogen-bond donors (Lipinski definition) is 0. The molecule has 1 aliphatic rings. The second kappa shape index (κ2) is 9.19. The second-order valence-corrected chi connectivity index (χ2v) is 8.06. The Kier molecular flexibility index (Phi) is 6.20. The van der Waals surface area contributed by atoms with Gasteiger partial charge in [0.2, 0.25) is 5.91 Å². The van der Waals surface area contributed by atoms with Crippen LogP contribution < -0.4 is 0 Å². The Morgan fingerprint density at radius 3 is 2.77 bits per heavy atom. The number of ether oxygens (including phenoxy) is 1.